The standard InChI is InChI=1S/C21H25N5O4S2/c1-6-29-20(28)17-10(2)16-18(22)25-14(26-19(16)32-17)9-30-15(27)8-7-13-11(3)23-21(31-5)24-12(13)4/h6-9H2,1-5H3,(H2,22,25,26). The summed E-state index contributed by atoms with van der Waals surface area (Å²) < 4.78 is 10.4. The van der Waals surface area contributed by atoms with Gasteiger partial charge in [0.2, 0.25) is 0 Å². The Balaban J connectivity index is 1.67. The number of nitrogens with two attached hydrogens (primary N) is 1. The van der Waals surface area contributed by atoms with Gasteiger partial charge in [0, 0.05) is 17.8 Å². The molecule has 3 heterocycles. The first-order valence-corrected chi connectivity index (χ1v) is 12.1. The predicted octanol–water partition coefficient (Wildman–Crippen LogP) is 3.56. The Bertz CT molecular complexity index is 1160. The molecule has 32 heavy (non-hydrogen) atoms. The van der Waals surface area contributed by atoms with E-state index in [0.29, 0.717) is 32.2 Å². The predicted molar refractivity (Wildman–Crippen MR) is 124 cm³/mol. The van der Waals surface area contributed by atoms with E-state index < -0.39 is 5.97 Å². The van der Waals surface area contributed by atoms with E-state index in [2.05, 4.69) is 19.9 Å². The van der Waals surface area contributed by atoms with Crippen molar-refractivity contribution >= 4 is 51.1 Å². The number of nitrogens with zero attached hydrogens (tertiary/aromatic N) is 4. The van der Waals surface area contributed by atoms with Crippen LogP contribution in [0.15, 0.2) is 5.16 Å². The van der Waals surface area contributed by atoms with Crippen molar-refractivity contribution in [1.82, 2.24) is 19.9 Å². The SMILES string of the molecule is CCOC(=O)c1sc2nc(COC(=O)CCc3c(C)nc(SC)nc3C)nc(N)c2c1C. The zero-order valence-corrected chi connectivity index (χ0v) is 20.3. The number of fused-ring (bicyclic) bond motifs is 1. The smallest absolute Gasteiger partial charge is 0.348 e. The molecular weight excluding hydrogens is 450 g/mol. The summed E-state index contributed by atoms with van der Waals surface area (Å²) in [5.41, 5.74) is 9.45. The van der Waals surface area contributed by atoms with Crippen LogP contribution in [0.5, 0.6) is 0 Å². The molecule has 9 nitrogen and oxygen atoms in total. The molecule has 0 amide bonds. The van der Waals surface area contributed by atoms with Crippen molar-refractivity contribution in [2.45, 2.75) is 52.3 Å². The number of hydrogen-bond donors (Lipinski definition) is 1. The second-order valence-electron chi connectivity index (χ2n) is 7.00. The van der Waals surface area contributed by atoms with E-state index in [1.54, 1.807) is 13.8 Å². The summed E-state index contributed by atoms with van der Waals surface area (Å²) in [6.45, 7) is 7.52. The Morgan fingerprint density at radius 1 is 1.06 bits per heavy atom. The quantitative estimate of drug-likeness (QED) is 0.293. The first-order chi connectivity index (χ1) is 15.2. The van der Waals surface area contributed by atoms with Crippen molar-refractivity contribution in [2.24, 2.45) is 0 Å². The Morgan fingerprint density at radius 2 is 1.75 bits per heavy atom. The fourth-order valence-corrected chi connectivity index (χ4v) is 4.84. The highest BCUT2D eigenvalue weighted by molar-refractivity contribution is 7.98. The van der Waals surface area contributed by atoms with E-state index in [0.717, 1.165) is 17.0 Å². The average Bonchev–Trinajstić information content (AvgIpc) is 3.08. The van der Waals surface area contributed by atoms with E-state index in [-0.39, 0.29) is 37.2 Å². The number of carbonyl (C=O) groups is 2. The molecule has 0 unspecified atom stereocenters. The fourth-order valence-electron chi connectivity index (χ4n) is 3.28. The number of rotatable bonds is 8. The third-order valence-corrected chi connectivity index (χ3v) is 6.56. The fraction of sp³-hybridized carbons (Fsp3) is 0.429. The number of carbonyl (C=O) groups excluding carboxylic acids is 2. The Labute approximate surface area is 194 Å². The summed E-state index contributed by atoms with van der Waals surface area (Å²) >= 11 is 2.67. The molecule has 3 aromatic rings. The van der Waals surface area contributed by atoms with E-state index in [4.69, 9.17) is 15.2 Å². The molecule has 0 bridgehead atoms. The molecule has 0 aliphatic heterocycles. The molecule has 2 N–H and O–H groups in total. The molecular formula is C21H25N5O4S2. The first-order valence-electron chi connectivity index (χ1n) is 10.0. The Hall–Kier alpha value is -2.79. The highest BCUT2D eigenvalue weighted by Gasteiger charge is 2.21. The number of aromatic nitrogens is 4. The van der Waals surface area contributed by atoms with E-state index >= 15 is 0 Å². The van der Waals surface area contributed by atoms with Crippen LogP contribution in [0.25, 0.3) is 10.2 Å². The summed E-state index contributed by atoms with van der Waals surface area (Å²) in [5, 5.41) is 1.33. The summed E-state index contributed by atoms with van der Waals surface area (Å²) in [5.74, 6) is -0.280. The molecule has 0 aliphatic carbocycles. The van der Waals surface area contributed by atoms with Crippen molar-refractivity contribution in [2.75, 3.05) is 18.6 Å². The van der Waals surface area contributed by atoms with Crippen molar-refractivity contribution in [3.05, 3.63) is 33.2 Å². The maximum atomic E-state index is 12.3. The number of anilines is 1. The second-order valence-corrected chi connectivity index (χ2v) is 8.77. The van der Waals surface area contributed by atoms with E-state index in [9.17, 15) is 9.59 Å². The van der Waals surface area contributed by atoms with Crippen molar-refractivity contribution < 1.29 is 19.1 Å². The molecule has 3 rings (SSSR count). The molecule has 0 aromatic carbocycles. The van der Waals surface area contributed by atoms with Crippen LogP contribution in [0.4, 0.5) is 5.82 Å². The van der Waals surface area contributed by atoms with Crippen LogP contribution in [-0.2, 0) is 27.3 Å². The minimum Gasteiger partial charge on any atom is -0.462 e. The van der Waals surface area contributed by atoms with Gasteiger partial charge in [-0.15, -0.1) is 11.3 Å². The minimum absolute atomic E-state index is 0.107. The third-order valence-electron chi connectivity index (χ3n) is 4.85. The van der Waals surface area contributed by atoms with Gasteiger partial charge >= 0.3 is 11.9 Å². The second kappa shape index (κ2) is 10.2. The van der Waals surface area contributed by atoms with Crippen LogP contribution in [0.1, 0.15) is 51.4 Å². The molecule has 170 valence electrons. The number of thioether (sulfide) groups is 1. The highest BCUT2D eigenvalue weighted by Crippen LogP contribution is 2.33. The van der Waals surface area contributed by atoms with Gasteiger partial charge in [0.15, 0.2) is 17.6 Å². The summed E-state index contributed by atoms with van der Waals surface area (Å²) in [4.78, 5) is 42.9. The van der Waals surface area contributed by atoms with Crippen molar-refractivity contribution in [3.8, 4) is 0 Å². The number of aryl methyl sites for hydroxylation is 3. The van der Waals surface area contributed by atoms with Gasteiger partial charge in [-0.2, -0.15) is 0 Å². The molecule has 0 radical (unpaired) electrons. The van der Waals surface area contributed by atoms with E-state index in [1.807, 2.05) is 20.1 Å². The molecule has 0 saturated carbocycles. The Morgan fingerprint density at radius 3 is 2.38 bits per heavy atom. The molecule has 11 heteroatoms. The van der Waals surface area contributed by atoms with E-state index in [1.165, 1.54) is 23.1 Å². The topological polar surface area (TPSA) is 130 Å². The lowest BCUT2D eigenvalue weighted by molar-refractivity contribution is -0.145. The van der Waals surface area contributed by atoms with Crippen LogP contribution in [0.2, 0.25) is 0 Å². The van der Waals surface area contributed by atoms with Gasteiger partial charge in [-0.25, -0.2) is 24.7 Å². The van der Waals surface area contributed by atoms with Gasteiger partial charge in [0.05, 0.1) is 12.0 Å². The molecule has 0 fully saturated rings. The van der Waals surface area contributed by atoms with Crippen LogP contribution >= 0.6 is 23.1 Å². The average molecular weight is 476 g/mol. The molecule has 0 spiro atoms. The van der Waals surface area contributed by atoms with Gasteiger partial charge < -0.3 is 15.2 Å². The maximum absolute atomic E-state index is 12.3. The zero-order valence-electron chi connectivity index (χ0n) is 18.6. The lowest BCUT2D eigenvalue weighted by atomic mass is 10.1. The number of thiophene rings is 1. The number of esters is 2. The first kappa shape index (κ1) is 23.9. The molecule has 0 aliphatic rings. The molecule has 3 aromatic heterocycles. The lowest BCUT2D eigenvalue weighted by Gasteiger charge is -2.10. The van der Waals surface area contributed by atoms with Gasteiger partial charge in [0.25, 0.3) is 0 Å². The lowest BCUT2D eigenvalue weighted by Crippen LogP contribution is -2.10. The van der Waals surface area contributed by atoms with Gasteiger partial charge in [-0.3, -0.25) is 4.79 Å². The number of ether oxygens (including phenoxy) is 2. The van der Waals surface area contributed by atoms with Crippen molar-refractivity contribution in [3.63, 3.8) is 0 Å². The third kappa shape index (κ3) is 5.16. The van der Waals surface area contributed by atoms with Crippen molar-refractivity contribution in [1.29, 1.82) is 0 Å². The summed E-state index contributed by atoms with van der Waals surface area (Å²) in [6.07, 6.45) is 2.60. The van der Waals surface area contributed by atoms with Gasteiger partial charge in [-0.05, 0) is 51.5 Å². The number of nitrogen functional groups attached to an aromatic ring is 1. The van der Waals surface area contributed by atoms with Gasteiger partial charge in [0.1, 0.15) is 15.5 Å². The molecule has 0 saturated heterocycles. The Kier molecular flexibility index (Phi) is 7.62. The summed E-state index contributed by atoms with van der Waals surface area (Å²) in [7, 11) is 0. The van der Waals surface area contributed by atoms with Gasteiger partial charge in [-0.1, -0.05) is 11.8 Å². The van der Waals surface area contributed by atoms with Crippen LogP contribution in [0.3, 0.4) is 0 Å². The van der Waals surface area contributed by atoms with Crippen LogP contribution < -0.4 is 5.73 Å². The van der Waals surface area contributed by atoms with Crippen LogP contribution in [-0.4, -0.2) is 44.7 Å². The monoisotopic (exact) mass is 475 g/mol. The largest absolute Gasteiger partial charge is 0.462 e. The summed E-state index contributed by atoms with van der Waals surface area (Å²) in [6, 6.07) is 0. The molecule has 0 atom stereocenters. The highest BCUT2D eigenvalue weighted by atomic mass is 32.2. The maximum Gasteiger partial charge on any atom is 0.348 e. The van der Waals surface area contributed by atoms with Crippen LogP contribution in [0, 0.1) is 20.8 Å². The normalized spacial score (nSPS) is 11.0. The zero-order chi connectivity index (χ0) is 23.4. The minimum atomic E-state index is -0.416. The number of hydrogen-bond acceptors (Lipinski definition) is 11.